The highest BCUT2D eigenvalue weighted by atomic mass is 16.3. The molecule has 0 aliphatic rings. The largest absolute Gasteiger partial charge is 0.493 e. The molecule has 0 bridgehead atoms. The van der Waals surface area contributed by atoms with Gasteiger partial charge in [0.05, 0.1) is 12.3 Å². The van der Waals surface area contributed by atoms with Gasteiger partial charge in [-0.1, -0.05) is 24.3 Å². The standard InChI is InChI=1S/C13H15N3O2/c1-8-11(12(18)16-13(14)15-8)6-9-2-4-10(7-17)5-3-9/h2-5,17H,6-7H2,1H3,(H3,14,15,16,18). The second-order valence-electron chi connectivity index (χ2n) is 4.12. The summed E-state index contributed by atoms with van der Waals surface area (Å²) in [6, 6.07) is 7.50. The molecule has 0 aliphatic heterocycles. The summed E-state index contributed by atoms with van der Waals surface area (Å²) in [5.74, 6) is -0.00406. The van der Waals surface area contributed by atoms with Crippen LogP contribution in [0.3, 0.4) is 0 Å². The molecule has 0 radical (unpaired) electrons. The number of aliphatic hydroxyl groups is 1. The third-order valence-electron chi connectivity index (χ3n) is 2.80. The molecule has 0 aliphatic carbocycles. The van der Waals surface area contributed by atoms with E-state index in [0.717, 1.165) is 11.1 Å². The van der Waals surface area contributed by atoms with Crippen LogP contribution in [0.1, 0.15) is 22.4 Å². The summed E-state index contributed by atoms with van der Waals surface area (Å²) in [6.45, 7) is 1.81. The van der Waals surface area contributed by atoms with Crippen LogP contribution in [0, 0.1) is 6.92 Å². The normalized spacial score (nSPS) is 10.6. The molecule has 5 nitrogen and oxygen atoms in total. The van der Waals surface area contributed by atoms with Gasteiger partial charge in [-0.3, -0.25) is 0 Å². The number of nitrogens with zero attached hydrogens (tertiary/aromatic N) is 2. The molecule has 1 aromatic carbocycles. The summed E-state index contributed by atoms with van der Waals surface area (Å²) in [5.41, 5.74) is 8.66. The number of aromatic nitrogens is 2. The fourth-order valence-electron chi connectivity index (χ4n) is 1.78. The van der Waals surface area contributed by atoms with Crippen LogP contribution in [0.25, 0.3) is 0 Å². The molecule has 1 aromatic heterocycles. The number of aliphatic hydroxyl groups excluding tert-OH is 1. The smallest absolute Gasteiger partial charge is 0.223 e. The fourth-order valence-corrected chi connectivity index (χ4v) is 1.78. The lowest BCUT2D eigenvalue weighted by atomic mass is 10.0. The zero-order valence-corrected chi connectivity index (χ0v) is 10.1. The summed E-state index contributed by atoms with van der Waals surface area (Å²) >= 11 is 0. The molecule has 0 saturated heterocycles. The van der Waals surface area contributed by atoms with Crippen molar-refractivity contribution in [2.45, 2.75) is 20.0 Å². The van der Waals surface area contributed by atoms with Gasteiger partial charge in [-0.2, -0.15) is 4.98 Å². The van der Waals surface area contributed by atoms with E-state index in [2.05, 4.69) is 9.97 Å². The van der Waals surface area contributed by atoms with Crippen LogP contribution >= 0.6 is 0 Å². The van der Waals surface area contributed by atoms with E-state index in [-0.39, 0.29) is 18.4 Å². The van der Waals surface area contributed by atoms with Gasteiger partial charge in [0.1, 0.15) is 0 Å². The molecular weight excluding hydrogens is 230 g/mol. The van der Waals surface area contributed by atoms with E-state index < -0.39 is 0 Å². The molecular formula is C13H15N3O2. The molecule has 94 valence electrons. The van der Waals surface area contributed by atoms with E-state index in [1.807, 2.05) is 24.3 Å². The van der Waals surface area contributed by atoms with Crippen LogP contribution < -0.4 is 5.73 Å². The number of anilines is 1. The van der Waals surface area contributed by atoms with E-state index in [0.29, 0.717) is 17.7 Å². The van der Waals surface area contributed by atoms with E-state index >= 15 is 0 Å². The predicted molar refractivity (Wildman–Crippen MR) is 68.0 cm³/mol. The lowest BCUT2D eigenvalue weighted by Gasteiger charge is -2.08. The van der Waals surface area contributed by atoms with Gasteiger partial charge in [-0.15, -0.1) is 0 Å². The molecule has 2 rings (SSSR count). The minimum atomic E-state index is -0.0776. The first-order valence-corrected chi connectivity index (χ1v) is 5.60. The van der Waals surface area contributed by atoms with E-state index in [9.17, 15) is 5.11 Å². The maximum Gasteiger partial charge on any atom is 0.223 e. The van der Waals surface area contributed by atoms with E-state index in [1.165, 1.54) is 0 Å². The Labute approximate surface area is 105 Å². The molecule has 1 heterocycles. The maximum absolute atomic E-state index is 9.76. The summed E-state index contributed by atoms with van der Waals surface area (Å²) in [6.07, 6.45) is 0.531. The molecule has 2 aromatic rings. The van der Waals surface area contributed by atoms with Crippen molar-refractivity contribution in [3.63, 3.8) is 0 Å². The molecule has 0 saturated carbocycles. The first kappa shape index (κ1) is 12.3. The third-order valence-corrected chi connectivity index (χ3v) is 2.80. The van der Waals surface area contributed by atoms with E-state index in [1.54, 1.807) is 6.92 Å². The van der Waals surface area contributed by atoms with Gasteiger partial charge in [-0.05, 0) is 18.1 Å². The third kappa shape index (κ3) is 2.57. The molecule has 0 amide bonds. The average Bonchev–Trinajstić information content (AvgIpc) is 2.34. The van der Waals surface area contributed by atoms with Crippen molar-refractivity contribution in [2.24, 2.45) is 0 Å². The number of aromatic hydroxyl groups is 1. The highest BCUT2D eigenvalue weighted by Gasteiger charge is 2.10. The summed E-state index contributed by atoms with van der Waals surface area (Å²) in [5, 5.41) is 18.7. The van der Waals surface area contributed by atoms with Crippen molar-refractivity contribution in [1.82, 2.24) is 9.97 Å². The molecule has 18 heavy (non-hydrogen) atoms. The minimum Gasteiger partial charge on any atom is -0.493 e. The van der Waals surface area contributed by atoms with Gasteiger partial charge in [0.2, 0.25) is 11.8 Å². The second kappa shape index (κ2) is 5.01. The van der Waals surface area contributed by atoms with Gasteiger partial charge < -0.3 is 15.9 Å². The summed E-state index contributed by atoms with van der Waals surface area (Å²) in [4.78, 5) is 7.78. The number of nitrogens with two attached hydrogens (primary N) is 1. The van der Waals surface area contributed by atoms with Crippen molar-refractivity contribution >= 4 is 5.95 Å². The number of hydrogen-bond acceptors (Lipinski definition) is 5. The Hall–Kier alpha value is -2.14. The van der Waals surface area contributed by atoms with Gasteiger partial charge in [-0.25, -0.2) is 4.98 Å². The molecule has 0 spiro atoms. The van der Waals surface area contributed by atoms with E-state index in [4.69, 9.17) is 10.8 Å². The van der Waals surface area contributed by atoms with Crippen LogP contribution in [0.2, 0.25) is 0 Å². The van der Waals surface area contributed by atoms with Crippen LogP contribution in [-0.4, -0.2) is 20.2 Å². The molecule has 5 heteroatoms. The Kier molecular flexibility index (Phi) is 3.43. The van der Waals surface area contributed by atoms with Crippen LogP contribution in [0.15, 0.2) is 24.3 Å². The monoisotopic (exact) mass is 245 g/mol. The number of nitrogen functional groups attached to an aromatic ring is 1. The molecule has 0 atom stereocenters. The number of hydrogen-bond donors (Lipinski definition) is 3. The Bertz CT molecular complexity index is 530. The maximum atomic E-state index is 9.76. The first-order chi connectivity index (χ1) is 8.60. The van der Waals surface area contributed by atoms with Crippen molar-refractivity contribution in [1.29, 1.82) is 0 Å². The fraction of sp³-hybridized carbons (Fsp3) is 0.231. The lowest BCUT2D eigenvalue weighted by Crippen LogP contribution is -2.02. The zero-order valence-electron chi connectivity index (χ0n) is 10.1. The zero-order chi connectivity index (χ0) is 13.1. The highest BCUT2D eigenvalue weighted by Crippen LogP contribution is 2.21. The minimum absolute atomic E-state index is 0.0234. The van der Waals surface area contributed by atoms with Gasteiger partial charge in [0.25, 0.3) is 0 Å². The van der Waals surface area contributed by atoms with Crippen LogP contribution in [0.4, 0.5) is 5.95 Å². The van der Waals surface area contributed by atoms with Crippen molar-refractivity contribution in [3.8, 4) is 5.88 Å². The number of benzene rings is 1. The van der Waals surface area contributed by atoms with Crippen molar-refractivity contribution in [2.75, 3.05) is 5.73 Å². The SMILES string of the molecule is Cc1nc(N)nc(O)c1Cc1ccc(CO)cc1. The Balaban J connectivity index is 2.28. The van der Waals surface area contributed by atoms with Crippen molar-refractivity contribution < 1.29 is 10.2 Å². The first-order valence-electron chi connectivity index (χ1n) is 5.60. The Morgan fingerprint density at radius 2 is 1.72 bits per heavy atom. The average molecular weight is 245 g/mol. The highest BCUT2D eigenvalue weighted by molar-refractivity contribution is 5.38. The van der Waals surface area contributed by atoms with Crippen molar-refractivity contribution in [3.05, 3.63) is 46.6 Å². The summed E-state index contributed by atoms with van der Waals surface area (Å²) < 4.78 is 0. The van der Waals surface area contributed by atoms with Gasteiger partial charge >= 0.3 is 0 Å². The van der Waals surface area contributed by atoms with Crippen LogP contribution in [-0.2, 0) is 13.0 Å². The molecule has 4 N–H and O–H groups in total. The Morgan fingerprint density at radius 1 is 1.11 bits per heavy atom. The Morgan fingerprint density at radius 3 is 2.28 bits per heavy atom. The second-order valence-corrected chi connectivity index (χ2v) is 4.12. The lowest BCUT2D eigenvalue weighted by molar-refractivity contribution is 0.282. The summed E-state index contributed by atoms with van der Waals surface area (Å²) in [7, 11) is 0. The quantitative estimate of drug-likeness (QED) is 0.754. The molecule has 0 fully saturated rings. The van der Waals surface area contributed by atoms with Crippen LogP contribution in [0.5, 0.6) is 5.88 Å². The number of aryl methyl sites for hydroxylation is 1. The predicted octanol–water partition coefficient (Wildman–Crippen LogP) is 1.16. The molecule has 0 unspecified atom stereocenters. The van der Waals surface area contributed by atoms with Gasteiger partial charge in [0, 0.05) is 12.0 Å². The van der Waals surface area contributed by atoms with Gasteiger partial charge in [0.15, 0.2) is 0 Å². The topological polar surface area (TPSA) is 92.3 Å². The number of rotatable bonds is 3.